The van der Waals surface area contributed by atoms with Crippen molar-refractivity contribution in [1.29, 1.82) is 0 Å². The summed E-state index contributed by atoms with van der Waals surface area (Å²) in [7, 11) is 0. The van der Waals surface area contributed by atoms with Gasteiger partial charge in [-0.2, -0.15) is 4.98 Å². The topological polar surface area (TPSA) is 61.0 Å². The van der Waals surface area contributed by atoms with Crippen LogP contribution in [0.2, 0.25) is 0 Å². The Morgan fingerprint density at radius 1 is 1.16 bits per heavy atom. The summed E-state index contributed by atoms with van der Waals surface area (Å²) in [6.45, 7) is 2.12. The molecule has 3 aromatic rings. The average Bonchev–Trinajstić information content (AvgIpc) is 2.88. The Balaban J connectivity index is 1.97. The normalized spacial score (nSPS) is 10.8. The molecule has 0 radical (unpaired) electrons. The second-order valence-electron chi connectivity index (χ2n) is 4.13. The summed E-state index contributed by atoms with van der Waals surface area (Å²) >= 11 is 1.52. The highest BCUT2D eigenvalue weighted by Gasteiger charge is 2.09. The standard InChI is InChI=1S/C14H13N3OS/c1-2-9-3-5-10(6-4-9)18-12-11-7-8-19-13(11)17-14(15)16-12/h3-8H,2H2,1H3,(H2,15,16,17). The number of benzene rings is 1. The molecular weight excluding hydrogens is 258 g/mol. The number of aryl methyl sites for hydroxylation is 1. The first-order chi connectivity index (χ1) is 9.26. The van der Waals surface area contributed by atoms with Crippen LogP contribution >= 0.6 is 11.3 Å². The molecule has 0 bridgehead atoms. The number of hydrogen-bond donors (Lipinski definition) is 1. The van der Waals surface area contributed by atoms with Crippen LogP contribution in [-0.2, 0) is 6.42 Å². The number of nitrogens with zero attached hydrogens (tertiary/aromatic N) is 2. The first-order valence-corrected chi connectivity index (χ1v) is 6.91. The summed E-state index contributed by atoms with van der Waals surface area (Å²) in [4.78, 5) is 9.17. The van der Waals surface area contributed by atoms with Gasteiger partial charge in [-0.15, -0.1) is 11.3 Å². The van der Waals surface area contributed by atoms with Crippen LogP contribution in [0.5, 0.6) is 11.6 Å². The van der Waals surface area contributed by atoms with Crippen molar-refractivity contribution < 1.29 is 4.74 Å². The van der Waals surface area contributed by atoms with Crippen LogP contribution in [0.4, 0.5) is 5.95 Å². The quantitative estimate of drug-likeness (QED) is 0.790. The van der Waals surface area contributed by atoms with Crippen molar-refractivity contribution in [1.82, 2.24) is 9.97 Å². The molecule has 0 aliphatic carbocycles. The van der Waals surface area contributed by atoms with E-state index in [9.17, 15) is 0 Å². The number of anilines is 1. The van der Waals surface area contributed by atoms with Gasteiger partial charge < -0.3 is 10.5 Å². The number of nitrogens with two attached hydrogens (primary N) is 1. The first kappa shape index (κ1) is 11.9. The molecule has 2 N–H and O–H groups in total. The van der Waals surface area contributed by atoms with Gasteiger partial charge in [-0.05, 0) is 35.6 Å². The van der Waals surface area contributed by atoms with Crippen molar-refractivity contribution in [3.8, 4) is 11.6 Å². The van der Waals surface area contributed by atoms with Gasteiger partial charge in [0.25, 0.3) is 0 Å². The Bertz CT molecular complexity index is 706. The molecule has 2 heterocycles. The molecule has 96 valence electrons. The molecule has 4 nitrogen and oxygen atoms in total. The molecule has 0 amide bonds. The maximum Gasteiger partial charge on any atom is 0.232 e. The molecule has 0 unspecified atom stereocenters. The fourth-order valence-corrected chi connectivity index (χ4v) is 2.59. The highest BCUT2D eigenvalue weighted by molar-refractivity contribution is 7.16. The smallest absolute Gasteiger partial charge is 0.232 e. The maximum atomic E-state index is 5.81. The van der Waals surface area contributed by atoms with E-state index in [0.29, 0.717) is 5.88 Å². The summed E-state index contributed by atoms with van der Waals surface area (Å²) in [5.41, 5.74) is 6.96. The minimum absolute atomic E-state index is 0.232. The highest BCUT2D eigenvalue weighted by atomic mass is 32.1. The Hall–Kier alpha value is -2.14. The van der Waals surface area contributed by atoms with E-state index < -0.39 is 0 Å². The van der Waals surface area contributed by atoms with Crippen LogP contribution < -0.4 is 10.5 Å². The third kappa shape index (κ3) is 2.37. The van der Waals surface area contributed by atoms with E-state index in [4.69, 9.17) is 10.5 Å². The van der Waals surface area contributed by atoms with Crippen LogP contribution in [0.1, 0.15) is 12.5 Å². The van der Waals surface area contributed by atoms with E-state index in [-0.39, 0.29) is 5.95 Å². The number of hydrogen-bond acceptors (Lipinski definition) is 5. The molecule has 0 saturated heterocycles. The number of ether oxygens (including phenoxy) is 1. The Labute approximate surface area is 114 Å². The predicted octanol–water partition coefficient (Wildman–Crippen LogP) is 3.63. The third-order valence-electron chi connectivity index (χ3n) is 2.85. The van der Waals surface area contributed by atoms with Crippen molar-refractivity contribution >= 4 is 27.5 Å². The van der Waals surface area contributed by atoms with Gasteiger partial charge in [0.2, 0.25) is 11.8 Å². The van der Waals surface area contributed by atoms with Gasteiger partial charge in [0.15, 0.2) is 0 Å². The molecule has 2 aromatic heterocycles. The third-order valence-corrected chi connectivity index (χ3v) is 3.66. The van der Waals surface area contributed by atoms with Crippen molar-refractivity contribution in [2.45, 2.75) is 13.3 Å². The van der Waals surface area contributed by atoms with E-state index >= 15 is 0 Å². The summed E-state index contributed by atoms with van der Waals surface area (Å²) in [5.74, 6) is 1.49. The largest absolute Gasteiger partial charge is 0.438 e. The van der Waals surface area contributed by atoms with Crippen LogP contribution in [-0.4, -0.2) is 9.97 Å². The highest BCUT2D eigenvalue weighted by Crippen LogP contribution is 2.30. The Morgan fingerprint density at radius 2 is 1.95 bits per heavy atom. The van der Waals surface area contributed by atoms with Crippen LogP contribution in [0.15, 0.2) is 35.7 Å². The van der Waals surface area contributed by atoms with Gasteiger partial charge in [-0.25, -0.2) is 4.98 Å². The summed E-state index contributed by atoms with van der Waals surface area (Å²) < 4.78 is 5.81. The monoisotopic (exact) mass is 271 g/mol. The van der Waals surface area contributed by atoms with E-state index in [2.05, 4.69) is 16.9 Å². The SMILES string of the molecule is CCc1ccc(Oc2nc(N)nc3sccc23)cc1. The lowest BCUT2D eigenvalue weighted by Gasteiger charge is -2.07. The van der Waals surface area contributed by atoms with Gasteiger partial charge in [0.05, 0.1) is 5.39 Å². The zero-order valence-electron chi connectivity index (χ0n) is 10.5. The molecule has 0 spiro atoms. The van der Waals surface area contributed by atoms with Crippen molar-refractivity contribution in [3.63, 3.8) is 0 Å². The molecular formula is C14H13N3OS. The van der Waals surface area contributed by atoms with Crippen LogP contribution in [0.25, 0.3) is 10.2 Å². The lowest BCUT2D eigenvalue weighted by molar-refractivity contribution is 0.469. The lowest BCUT2D eigenvalue weighted by Crippen LogP contribution is -1.97. The van der Waals surface area contributed by atoms with E-state index in [0.717, 1.165) is 22.4 Å². The summed E-state index contributed by atoms with van der Waals surface area (Å²) in [6, 6.07) is 9.91. The van der Waals surface area contributed by atoms with E-state index in [1.807, 2.05) is 35.7 Å². The van der Waals surface area contributed by atoms with Crippen LogP contribution in [0.3, 0.4) is 0 Å². The average molecular weight is 271 g/mol. The number of rotatable bonds is 3. The minimum Gasteiger partial charge on any atom is -0.438 e. The number of aromatic nitrogens is 2. The van der Waals surface area contributed by atoms with E-state index in [1.165, 1.54) is 16.9 Å². The predicted molar refractivity (Wildman–Crippen MR) is 77.7 cm³/mol. The first-order valence-electron chi connectivity index (χ1n) is 6.04. The molecule has 19 heavy (non-hydrogen) atoms. The number of fused-ring (bicyclic) bond motifs is 1. The molecule has 0 saturated carbocycles. The lowest BCUT2D eigenvalue weighted by atomic mass is 10.2. The molecule has 0 aliphatic heterocycles. The Morgan fingerprint density at radius 3 is 2.68 bits per heavy atom. The van der Waals surface area contributed by atoms with Crippen molar-refractivity contribution in [2.24, 2.45) is 0 Å². The zero-order valence-corrected chi connectivity index (χ0v) is 11.3. The minimum atomic E-state index is 0.232. The number of nitrogen functional groups attached to an aromatic ring is 1. The fraction of sp³-hybridized carbons (Fsp3) is 0.143. The van der Waals surface area contributed by atoms with Gasteiger partial charge in [-0.1, -0.05) is 19.1 Å². The molecule has 5 heteroatoms. The summed E-state index contributed by atoms with van der Waals surface area (Å²) in [5, 5.41) is 2.84. The molecule has 0 atom stereocenters. The second kappa shape index (κ2) is 4.85. The van der Waals surface area contributed by atoms with Gasteiger partial charge in [0, 0.05) is 0 Å². The van der Waals surface area contributed by atoms with Crippen LogP contribution in [0, 0.1) is 0 Å². The fourth-order valence-electron chi connectivity index (χ4n) is 1.83. The Kier molecular flexibility index (Phi) is 3.05. The van der Waals surface area contributed by atoms with Crippen molar-refractivity contribution in [2.75, 3.05) is 5.73 Å². The summed E-state index contributed by atoms with van der Waals surface area (Å²) in [6.07, 6.45) is 1.01. The second-order valence-corrected chi connectivity index (χ2v) is 5.02. The van der Waals surface area contributed by atoms with Gasteiger partial charge in [0.1, 0.15) is 10.6 Å². The molecule has 0 fully saturated rings. The number of thiophene rings is 1. The molecule has 0 aliphatic rings. The maximum absolute atomic E-state index is 5.81. The van der Waals surface area contributed by atoms with E-state index in [1.54, 1.807) is 0 Å². The molecule has 1 aromatic carbocycles. The van der Waals surface area contributed by atoms with Gasteiger partial charge >= 0.3 is 0 Å². The molecule has 3 rings (SSSR count). The van der Waals surface area contributed by atoms with Crippen molar-refractivity contribution in [3.05, 3.63) is 41.3 Å². The zero-order chi connectivity index (χ0) is 13.2. The van der Waals surface area contributed by atoms with Gasteiger partial charge in [-0.3, -0.25) is 0 Å².